The normalized spacial score (nSPS) is 12.6. The molecule has 2 aromatic rings. The van der Waals surface area contributed by atoms with E-state index >= 15 is 0 Å². The molecular weight excluding hydrogens is 398 g/mol. The number of aliphatic hydroxyl groups is 1. The highest BCUT2D eigenvalue weighted by molar-refractivity contribution is 6.60. The van der Waals surface area contributed by atoms with Gasteiger partial charge in [0.15, 0.2) is 5.78 Å². The Hall–Kier alpha value is -2.39. The molecule has 5 nitrogen and oxygen atoms in total. The third-order valence-electron chi connectivity index (χ3n) is 4.63. The number of aliphatic hydroxyl groups excluding tert-OH is 1. The maximum absolute atomic E-state index is 13.2. The fourth-order valence-electron chi connectivity index (χ4n) is 2.93. The average Bonchev–Trinajstić information content (AvgIpc) is 2.75. The van der Waals surface area contributed by atoms with Gasteiger partial charge in [-0.1, -0.05) is 0 Å². The standard InChI is InChI=1S/C21H24F2O5Si/c1-26-29(27-2,28-3)14-4-5-19(20(24)15-6-10-17(22)11-7-15)21(25)16-8-12-18(23)13-9-16/h6-13,24H,4-5,14H2,1-3H3/b20-19-. The second-order valence-corrected chi connectivity index (χ2v) is 9.41. The van der Waals surface area contributed by atoms with E-state index in [-0.39, 0.29) is 23.3 Å². The molecule has 0 bridgehead atoms. The summed E-state index contributed by atoms with van der Waals surface area (Å²) < 4.78 is 42.6. The summed E-state index contributed by atoms with van der Waals surface area (Å²) in [6.07, 6.45) is 0.638. The van der Waals surface area contributed by atoms with Gasteiger partial charge in [0.1, 0.15) is 17.4 Å². The molecular formula is C21H24F2O5Si. The molecule has 0 spiro atoms. The molecule has 2 rings (SSSR count). The third-order valence-corrected chi connectivity index (χ3v) is 7.46. The number of hydrogen-bond acceptors (Lipinski definition) is 5. The fourth-order valence-corrected chi connectivity index (χ4v) is 4.66. The summed E-state index contributed by atoms with van der Waals surface area (Å²) in [6, 6.07) is 10.7. The Morgan fingerprint density at radius 1 is 0.862 bits per heavy atom. The van der Waals surface area contributed by atoms with Gasteiger partial charge < -0.3 is 18.4 Å². The van der Waals surface area contributed by atoms with Gasteiger partial charge in [-0.25, -0.2) is 8.78 Å². The zero-order valence-corrected chi connectivity index (χ0v) is 17.6. The van der Waals surface area contributed by atoms with Crippen molar-refractivity contribution in [3.05, 3.63) is 76.9 Å². The minimum absolute atomic E-state index is 0.134. The van der Waals surface area contributed by atoms with Crippen LogP contribution in [0.4, 0.5) is 8.78 Å². The molecule has 0 amide bonds. The van der Waals surface area contributed by atoms with Crippen LogP contribution in [-0.4, -0.2) is 41.0 Å². The molecule has 0 aromatic heterocycles. The van der Waals surface area contributed by atoms with Crippen LogP contribution in [0.3, 0.4) is 0 Å². The number of halogens is 2. The summed E-state index contributed by atoms with van der Waals surface area (Å²) in [5, 5.41) is 10.7. The molecule has 0 heterocycles. The van der Waals surface area contributed by atoms with Crippen molar-refractivity contribution in [3.8, 4) is 0 Å². The predicted octanol–water partition coefficient (Wildman–Crippen LogP) is 4.78. The lowest BCUT2D eigenvalue weighted by molar-refractivity contribution is 0.102. The van der Waals surface area contributed by atoms with Crippen LogP contribution in [0, 0.1) is 11.6 Å². The summed E-state index contributed by atoms with van der Waals surface area (Å²) in [5.41, 5.74) is 0.684. The van der Waals surface area contributed by atoms with Crippen LogP contribution in [0.1, 0.15) is 28.8 Å². The topological polar surface area (TPSA) is 65.0 Å². The Kier molecular flexibility index (Phi) is 8.21. The van der Waals surface area contributed by atoms with E-state index in [0.29, 0.717) is 18.0 Å². The second-order valence-electron chi connectivity index (χ2n) is 6.32. The van der Waals surface area contributed by atoms with Crippen molar-refractivity contribution >= 4 is 20.3 Å². The Morgan fingerprint density at radius 2 is 1.31 bits per heavy atom. The zero-order valence-electron chi connectivity index (χ0n) is 16.6. The molecule has 0 unspecified atom stereocenters. The van der Waals surface area contributed by atoms with Crippen LogP contribution in [0.25, 0.3) is 5.76 Å². The van der Waals surface area contributed by atoms with E-state index in [0.717, 1.165) is 0 Å². The molecule has 8 heteroatoms. The molecule has 0 saturated carbocycles. The number of benzene rings is 2. The van der Waals surface area contributed by atoms with Gasteiger partial charge in [-0.3, -0.25) is 4.79 Å². The molecule has 0 aliphatic carbocycles. The minimum Gasteiger partial charge on any atom is -0.507 e. The molecule has 0 aliphatic heterocycles. The quantitative estimate of drug-likeness (QED) is 0.258. The van der Waals surface area contributed by atoms with Crippen LogP contribution in [0.2, 0.25) is 6.04 Å². The van der Waals surface area contributed by atoms with Crippen molar-refractivity contribution in [2.24, 2.45) is 0 Å². The van der Waals surface area contributed by atoms with Crippen LogP contribution in [0.15, 0.2) is 54.1 Å². The van der Waals surface area contributed by atoms with Crippen molar-refractivity contribution < 1.29 is 32.0 Å². The van der Waals surface area contributed by atoms with Crippen molar-refractivity contribution in [2.45, 2.75) is 18.9 Å². The highest BCUT2D eigenvalue weighted by atomic mass is 28.4. The first-order chi connectivity index (χ1) is 13.9. The lowest BCUT2D eigenvalue weighted by Gasteiger charge is -2.24. The minimum atomic E-state index is -2.84. The first-order valence-electron chi connectivity index (χ1n) is 8.99. The van der Waals surface area contributed by atoms with Crippen molar-refractivity contribution in [1.82, 2.24) is 0 Å². The first kappa shape index (κ1) is 22.9. The van der Waals surface area contributed by atoms with E-state index in [2.05, 4.69) is 0 Å². The maximum Gasteiger partial charge on any atom is 0.500 e. The highest BCUT2D eigenvalue weighted by Crippen LogP contribution is 2.26. The second kappa shape index (κ2) is 10.4. The van der Waals surface area contributed by atoms with E-state index in [1.807, 2.05) is 0 Å². The number of carbonyl (C=O) groups excluding carboxylic acids is 1. The van der Waals surface area contributed by atoms with Gasteiger partial charge in [-0.05, 0) is 61.4 Å². The van der Waals surface area contributed by atoms with E-state index in [9.17, 15) is 18.7 Å². The molecule has 0 atom stereocenters. The van der Waals surface area contributed by atoms with Gasteiger partial charge in [0.25, 0.3) is 0 Å². The molecule has 29 heavy (non-hydrogen) atoms. The lowest BCUT2D eigenvalue weighted by atomic mass is 9.96. The van der Waals surface area contributed by atoms with Gasteiger partial charge in [-0.15, -0.1) is 0 Å². The molecule has 156 valence electrons. The summed E-state index contributed by atoms with van der Waals surface area (Å²) in [7, 11) is 1.65. The summed E-state index contributed by atoms with van der Waals surface area (Å²) in [5.74, 6) is -1.61. The number of Topliss-reactive ketones (excluding diaryl/α,β-unsaturated/α-hetero) is 1. The number of hydrogen-bond donors (Lipinski definition) is 1. The van der Waals surface area contributed by atoms with Gasteiger partial charge in [-0.2, -0.15) is 0 Å². The Balaban J connectivity index is 2.34. The molecule has 1 N–H and O–H groups in total. The molecule has 0 fully saturated rings. The van der Waals surface area contributed by atoms with Gasteiger partial charge in [0.2, 0.25) is 0 Å². The molecule has 0 saturated heterocycles. The van der Waals surface area contributed by atoms with Gasteiger partial charge in [0.05, 0.1) is 0 Å². The van der Waals surface area contributed by atoms with Crippen LogP contribution in [-0.2, 0) is 13.3 Å². The molecule has 0 radical (unpaired) electrons. The van der Waals surface area contributed by atoms with E-state index in [4.69, 9.17) is 13.3 Å². The maximum atomic E-state index is 13.2. The summed E-state index contributed by atoms with van der Waals surface area (Å²) in [6.45, 7) is 0. The van der Waals surface area contributed by atoms with E-state index in [1.54, 1.807) is 0 Å². The summed E-state index contributed by atoms with van der Waals surface area (Å²) >= 11 is 0. The highest BCUT2D eigenvalue weighted by Gasteiger charge is 2.37. The smallest absolute Gasteiger partial charge is 0.500 e. The van der Waals surface area contributed by atoms with E-state index in [1.165, 1.54) is 69.9 Å². The molecule has 2 aromatic carbocycles. The van der Waals surface area contributed by atoms with Crippen molar-refractivity contribution in [3.63, 3.8) is 0 Å². The number of carbonyl (C=O) groups is 1. The van der Waals surface area contributed by atoms with E-state index < -0.39 is 26.2 Å². The number of rotatable bonds is 10. The Morgan fingerprint density at radius 3 is 1.76 bits per heavy atom. The first-order valence-corrected chi connectivity index (χ1v) is 10.9. The van der Waals surface area contributed by atoms with Crippen molar-refractivity contribution in [2.75, 3.05) is 21.3 Å². The number of allylic oxidation sites excluding steroid dienone is 1. The van der Waals surface area contributed by atoms with Crippen LogP contribution in [0.5, 0.6) is 0 Å². The van der Waals surface area contributed by atoms with Gasteiger partial charge in [0, 0.05) is 44.1 Å². The monoisotopic (exact) mass is 422 g/mol. The third kappa shape index (κ3) is 5.80. The number of ketones is 1. The molecule has 0 aliphatic rings. The SMILES string of the molecule is CO[Si](CCC/C(C(=O)c1ccc(F)cc1)=C(/O)c1ccc(F)cc1)(OC)OC. The van der Waals surface area contributed by atoms with Crippen molar-refractivity contribution in [1.29, 1.82) is 0 Å². The Labute approximate surface area is 169 Å². The van der Waals surface area contributed by atoms with Gasteiger partial charge >= 0.3 is 8.80 Å². The largest absolute Gasteiger partial charge is 0.507 e. The average molecular weight is 423 g/mol. The fraction of sp³-hybridized carbons (Fsp3) is 0.286. The predicted molar refractivity (Wildman–Crippen MR) is 108 cm³/mol. The lowest BCUT2D eigenvalue weighted by Crippen LogP contribution is -2.42. The van der Waals surface area contributed by atoms with Crippen LogP contribution >= 0.6 is 0 Å². The Bertz CT molecular complexity index is 838. The zero-order chi connectivity index (χ0) is 21.4. The van der Waals surface area contributed by atoms with Crippen LogP contribution < -0.4 is 0 Å². The summed E-state index contributed by atoms with van der Waals surface area (Å²) in [4.78, 5) is 13.0.